The first kappa shape index (κ1) is 11.3. The molecule has 17 heavy (non-hydrogen) atoms. The van der Waals surface area contributed by atoms with Gasteiger partial charge in [-0.1, -0.05) is 5.21 Å². The molecule has 2 aromatic heterocycles. The standard InChI is InChI=1S/C10H14N6O/c1-3-16-9(6-13-15-16)10(17)14-7(2)8-4-11-12-5-8/h4-7H,3H2,1-2H3,(H,11,12)(H,14,17). The van der Waals surface area contributed by atoms with E-state index in [1.807, 2.05) is 13.8 Å². The molecular formula is C10H14N6O. The van der Waals surface area contributed by atoms with Crippen LogP contribution < -0.4 is 5.32 Å². The van der Waals surface area contributed by atoms with Gasteiger partial charge < -0.3 is 5.32 Å². The zero-order valence-corrected chi connectivity index (χ0v) is 9.71. The van der Waals surface area contributed by atoms with Gasteiger partial charge >= 0.3 is 0 Å². The summed E-state index contributed by atoms with van der Waals surface area (Å²) in [6, 6.07) is -0.110. The van der Waals surface area contributed by atoms with Gasteiger partial charge in [0, 0.05) is 18.3 Å². The first-order valence-corrected chi connectivity index (χ1v) is 5.40. The molecule has 0 radical (unpaired) electrons. The molecule has 7 nitrogen and oxygen atoms in total. The number of hydrogen-bond donors (Lipinski definition) is 2. The highest BCUT2D eigenvalue weighted by molar-refractivity contribution is 5.92. The Balaban J connectivity index is 2.07. The zero-order valence-electron chi connectivity index (χ0n) is 9.71. The molecule has 0 aromatic carbocycles. The molecule has 0 fully saturated rings. The highest BCUT2D eigenvalue weighted by atomic mass is 16.2. The van der Waals surface area contributed by atoms with Crippen LogP contribution in [0.4, 0.5) is 0 Å². The number of aryl methyl sites for hydroxylation is 1. The van der Waals surface area contributed by atoms with E-state index in [1.54, 1.807) is 17.1 Å². The maximum absolute atomic E-state index is 11.9. The van der Waals surface area contributed by atoms with Gasteiger partial charge in [0.25, 0.3) is 5.91 Å². The number of H-pyrrole nitrogens is 1. The van der Waals surface area contributed by atoms with Crippen molar-refractivity contribution < 1.29 is 4.79 Å². The van der Waals surface area contributed by atoms with Crippen molar-refractivity contribution in [2.24, 2.45) is 0 Å². The summed E-state index contributed by atoms with van der Waals surface area (Å²) in [6.07, 6.45) is 4.89. The molecule has 0 aliphatic carbocycles. The molecule has 90 valence electrons. The quantitative estimate of drug-likeness (QED) is 0.806. The monoisotopic (exact) mass is 234 g/mol. The van der Waals surface area contributed by atoms with Crippen molar-refractivity contribution in [3.05, 3.63) is 29.8 Å². The first-order valence-electron chi connectivity index (χ1n) is 5.40. The summed E-state index contributed by atoms with van der Waals surface area (Å²) in [7, 11) is 0. The number of nitrogens with one attached hydrogen (secondary N) is 2. The van der Waals surface area contributed by atoms with Crippen molar-refractivity contribution in [2.75, 3.05) is 0 Å². The van der Waals surface area contributed by atoms with E-state index < -0.39 is 0 Å². The van der Waals surface area contributed by atoms with Gasteiger partial charge in [0.2, 0.25) is 0 Å². The van der Waals surface area contributed by atoms with E-state index in [0.717, 1.165) is 5.56 Å². The Morgan fingerprint density at radius 1 is 1.59 bits per heavy atom. The van der Waals surface area contributed by atoms with Crippen LogP contribution >= 0.6 is 0 Å². The lowest BCUT2D eigenvalue weighted by atomic mass is 10.2. The number of aromatic amines is 1. The van der Waals surface area contributed by atoms with Crippen LogP contribution in [0.1, 0.15) is 35.9 Å². The average Bonchev–Trinajstić information content (AvgIpc) is 2.99. The summed E-state index contributed by atoms with van der Waals surface area (Å²) >= 11 is 0. The lowest BCUT2D eigenvalue weighted by Crippen LogP contribution is -2.28. The SMILES string of the molecule is CCn1nncc1C(=O)NC(C)c1cn[nH]c1. The largest absolute Gasteiger partial charge is 0.344 e. The predicted octanol–water partition coefficient (Wildman–Crippen LogP) is 0.512. The molecule has 0 aliphatic heterocycles. The predicted molar refractivity (Wildman–Crippen MR) is 60.2 cm³/mol. The molecule has 2 rings (SSSR count). The second-order valence-electron chi connectivity index (χ2n) is 3.66. The van der Waals surface area contributed by atoms with Crippen LogP contribution in [0.15, 0.2) is 18.6 Å². The third kappa shape index (κ3) is 2.32. The third-order valence-corrected chi connectivity index (χ3v) is 2.52. The van der Waals surface area contributed by atoms with Crippen LogP contribution in [0, 0.1) is 0 Å². The van der Waals surface area contributed by atoms with Crippen LogP contribution in [0.25, 0.3) is 0 Å². The smallest absolute Gasteiger partial charge is 0.271 e. The minimum Gasteiger partial charge on any atom is -0.344 e. The maximum atomic E-state index is 11.9. The van der Waals surface area contributed by atoms with Gasteiger partial charge in [0.1, 0.15) is 5.69 Å². The summed E-state index contributed by atoms with van der Waals surface area (Å²) < 4.78 is 1.55. The topological polar surface area (TPSA) is 88.5 Å². The van der Waals surface area contributed by atoms with Crippen molar-refractivity contribution in [1.82, 2.24) is 30.5 Å². The van der Waals surface area contributed by atoms with Crippen LogP contribution in [-0.2, 0) is 6.54 Å². The van der Waals surface area contributed by atoms with Crippen LogP contribution in [0.3, 0.4) is 0 Å². The number of carbonyl (C=O) groups excluding carboxylic acids is 1. The van der Waals surface area contributed by atoms with Gasteiger partial charge in [0.15, 0.2) is 0 Å². The van der Waals surface area contributed by atoms with Crippen molar-refractivity contribution in [3.63, 3.8) is 0 Å². The summed E-state index contributed by atoms with van der Waals surface area (Å²) in [5.74, 6) is -0.189. The van der Waals surface area contributed by atoms with Gasteiger partial charge in [-0.25, -0.2) is 4.68 Å². The Hall–Kier alpha value is -2.18. The lowest BCUT2D eigenvalue weighted by molar-refractivity contribution is 0.0929. The Kier molecular flexibility index (Phi) is 3.17. The number of amides is 1. The van der Waals surface area contributed by atoms with Gasteiger partial charge in [-0.15, -0.1) is 5.10 Å². The van der Waals surface area contributed by atoms with Gasteiger partial charge in [-0.2, -0.15) is 5.10 Å². The van der Waals surface area contributed by atoms with Crippen molar-refractivity contribution >= 4 is 5.91 Å². The van der Waals surface area contributed by atoms with Crippen molar-refractivity contribution in [1.29, 1.82) is 0 Å². The molecule has 0 saturated heterocycles. The Morgan fingerprint density at radius 2 is 2.41 bits per heavy atom. The minimum atomic E-state index is -0.189. The molecule has 0 spiro atoms. The summed E-state index contributed by atoms with van der Waals surface area (Å²) in [4.78, 5) is 11.9. The fraction of sp³-hybridized carbons (Fsp3) is 0.400. The number of aromatic nitrogens is 5. The number of nitrogens with zero attached hydrogens (tertiary/aromatic N) is 4. The van der Waals surface area contributed by atoms with E-state index in [1.165, 1.54) is 6.20 Å². The molecule has 1 unspecified atom stereocenters. The summed E-state index contributed by atoms with van der Waals surface area (Å²) in [6.45, 7) is 4.41. The average molecular weight is 234 g/mol. The van der Waals surface area contributed by atoms with Crippen LogP contribution in [0.2, 0.25) is 0 Å². The normalized spacial score (nSPS) is 12.4. The van der Waals surface area contributed by atoms with E-state index in [0.29, 0.717) is 12.2 Å². The molecule has 1 atom stereocenters. The number of carbonyl (C=O) groups is 1. The van der Waals surface area contributed by atoms with E-state index in [-0.39, 0.29) is 11.9 Å². The summed E-state index contributed by atoms with van der Waals surface area (Å²) in [5.41, 5.74) is 1.39. The highest BCUT2D eigenvalue weighted by Gasteiger charge is 2.15. The molecule has 1 amide bonds. The fourth-order valence-corrected chi connectivity index (χ4v) is 1.52. The fourth-order valence-electron chi connectivity index (χ4n) is 1.52. The second-order valence-corrected chi connectivity index (χ2v) is 3.66. The lowest BCUT2D eigenvalue weighted by Gasteiger charge is -2.11. The molecule has 0 aliphatic rings. The Morgan fingerprint density at radius 3 is 3.06 bits per heavy atom. The minimum absolute atomic E-state index is 0.110. The maximum Gasteiger partial charge on any atom is 0.271 e. The van der Waals surface area contributed by atoms with E-state index in [2.05, 4.69) is 25.8 Å². The van der Waals surface area contributed by atoms with E-state index in [4.69, 9.17) is 0 Å². The molecule has 7 heteroatoms. The summed E-state index contributed by atoms with van der Waals surface area (Å²) in [5, 5.41) is 16.9. The second kappa shape index (κ2) is 4.77. The van der Waals surface area contributed by atoms with Crippen LogP contribution in [0.5, 0.6) is 0 Å². The van der Waals surface area contributed by atoms with Crippen molar-refractivity contribution in [3.8, 4) is 0 Å². The zero-order chi connectivity index (χ0) is 12.3. The van der Waals surface area contributed by atoms with Gasteiger partial charge in [-0.05, 0) is 13.8 Å². The Bertz CT molecular complexity index is 489. The first-order chi connectivity index (χ1) is 8.22. The number of hydrogen-bond acceptors (Lipinski definition) is 4. The molecule has 2 N–H and O–H groups in total. The molecule has 0 saturated carbocycles. The molecule has 0 bridgehead atoms. The Labute approximate surface area is 98.2 Å². The number of rotatable bonds is 4. The third-order valence-electron chi connectivity index (χ3n) is 2.52. The van der Waals surface area contributed by atoms with E-state index in [9.17, 15) is 4.79 Å². The molecule has 2 aromatic rings. The molecule has 2 heterocycles. The molecular weight excluding hydrogens is 220 g/mol. The van der Waals surface area contributed by atoms with E-state index >= 15 is 0 Å². The van der Waals surface area contributed by atoms with Gasteiger partial charge in [0.05, 0.1) is 18.4 Å². The van der Waals surface area contributed by atoms with Crippen LogP contribution in [-0.4, -0.2) is 31.1 Å². The van der Waals surface area contributed by atoms with Gasteiger partial charge in [-0.3, -0.25) is 9.89 Å². The highest BCUT2D eigenvalue weighted by Crippen LogP contribution is 2.10. The van der Waals surface area contributed by atoms with Crippen molar-refractivity contribution in [2.45, 2.75) is 26.4 Å².